The first kappa shape index (κ1) is 12.3. The zero-order chi connectivity index (χ0) is 12.8. The Hall–Kier alpha value is -0.690. The Morgan fingerprint density at radius 1 is 1.22 bits per heavy atom. The van der Waals surface area contributed by atoms with Gasteiger partial charge < -0.3 is 5.32 Å². The molecule has 1 aromatic rings. The van der Waals surface area contributed by atoms with Crippen LogP contribution in [0, 0.1) is 11.8 Å². The number of nitrogens with one attached hydrogen (secondary N) is 1. The van der Waals surface area contributed by atoms with E-state index in [4.69, 9.17) is 0 Å². The first-order valence-electron chi connectivity index (χ1n) is 6.15. The van der Waals surface area contributed by atoms with Crippen molar-refractivity contribution in [2.45, 2.75) is 37.9 Å². The average Bonchev–Trinajstić information content (AvgIpc) is 2.90. The number of fused-ring (bicyclic) bond motifs is 1. The van der Waals surface area contributed by atoms with Crippen molar-refractivity contribution in [1.29, 1.82) is 0 Å². The maximum atomic E-state index is 12.3. The van der Waals surface area contributed by atoms with Gasteiger partial charge in [0.25, 0.3) is 0 Å². The Morgan fingerprint density at radius 3 is 2.72 bits per heavy atom. The molecule has 0 aromatic carbocycles. The summed E-state index contributed by atoms with van der Waals surface area (Å²) < 4.78 is 37.0. The normalized spacial score (nSPS) is 31.2. The van der Waals surface area contributed by atoms with Crippen LogP contribution in [0.25, 0.3) is 0 Å². The number of aromatic nitrogens is 2. The van der Waals surface area contributed by atoms with E-state index in [2.05, 4.69) is 15.5 Å². The summed E-state index contributed by atoms with van der Waals surface area (Å²) in [5, 5.41) is 9.92. The van der Waals surface area contributed by atoms with Crippen molar-refractivity contribution in [3.63, 3.8) is 0 Å². The molecule has 3 nitrogen and oxygen atoms in total. The van der Waals surface area contributed by atoms with E-state index in [-0.39, 0.29) is 0 Å². The lowest BCUT2D eigenvalue weighted by molar-refractivity contribution is -0.138. The SMILES string of the molecule is FC(F)(F)c1nnc(CCC2CC3CC3CN2)s1. The molecule has 1 aromatic heterocycles. The molecule has 1 saturated heterocycles. The molecule has 3 rings (SSSR count). The van der Waals surface area contributed by atoms with Crippen molar-refractivity contribution in [2.24, 2.45) is 11.8 Å². The molecule has 3 unspecified atom stereocenters. The number of nitrogens with zero attached hydrogens (tertiary/aromatic N) is 2. The van der Waals surface area contributed by atoms with Crippen LogP contribution in [-0.2, 0) is 12.6 Å². The topological polar surface area (TPSA) is 37.8 Å². The molecule has 2 aliphatic rings. The summed E-state index contributed by atoms with van der Waals surface area (Å²) in [6.07, 6.45) is -0.436. The molecule has 3 atom stereocenters. The van der Waals surface area contributed by atoms with Crippen LogP contribution < -0.4 is 5.32 Å². The quantitative estimate of drug-likeness (QED) is 0.922. The molecule has 0 bridgehead atoms. The molecule has 0 amide bonds. The fraction of sp³-hybridized carbons (Fsp3) is 0.818. The van der Waals surface area contributed by atoms with Crippen LogP contribution in [0.2, 0.25) is 0 Å². The van der Waals surface area contributed by atoms with Gasteiger partial charge in [-0.25, -0.2) is 0 Å². The third-order valence-corrected chi connectivity index (χ3v) is 4.77. The molecule has 1 N–H and O–H groups in total. The van der Waals surface area contributed by atoms with Gasteiger partial charge in [-0.2, -0.15) is 13.2 Å². The second kappa shape index (κ2) is 4.45. The lowest BCUT2D eigenvalue weighted by atomic mass is 10.0. The second-order valence-electron chi connectivity index (χ2n) is 5.13. The van der Waals surface area contributed by atoms with E-state index >= 15 is 0 Å². The lowest BCUT2D eigenvalue weighted by Crippen LogP contribution is -2.35. The number of halogens is 3. The van der Waals surface area contributed by atoms with Crippen LogP contribution in [0.3, 0.4) is 0 Å². The summed E-state index contributed by atoms with van der Waals surface area (Å²) in [4.78, 5) is 0. The molecule has 100 valence electrons. The van der Waals surface area contributed by atoms with Gasteiger partial charge in [0.1, 0.15) is 5.01 Å². The highest BCUT2D eigenvalue weighted by Crippen LogP contribution is 2.44. The maximum absolute atomic E-state index is 12.3. The standard InChI is InChI=1S/C11H14F3N3S/c12-11(13,14)10-17-16-9(18-10)2-1-8-4-6-3-7(6)5-15-8/h6-8,15H,1-5H2. The van der Waals surface area contributed by atoms with Crippen LogP contribution in [0.1, 0.15) is 29.3 Å². The molecular formula is C11H14F3N3S. The molecule has 2 fully saturated rings. The Kier molecular flexibility index (Phi) is 3.05. The summed E-state index contributed by atoms with van der Waals surface area (Å²) >= 11 is 0.665. The number of alkyl halides is 3. The van der Waals surface area contributed by atoms with Gasteiger partial charge in [0, 0.05) is 12.5 Å². The van der Waals surface area contributed by atoms with Crippen molar-refractivity contribution in [3.05, 3.63) is 10.0 Å². The van der Waals surface area contributed by atoms with Gasteiger partial charge in [-0.3, -0.25) is 0 Å². The predicted molar refractivity (Wildman–Crippen MR) is 61.2 cm³/mol. The van der Waals surface area contributed by atoms with E-state index in [1.807, 2.05) is 0 Å². The van der Waals surface area contributed by atoms with E-state index in [1.54, 1.807) is 0 Å². The molecule has 1 aliphatic heterocycles. The fourth-order valence-electron chi connectivity index (χ4n) is 2.60. The summed E-state index contributed by atoms with van der Waals surface area (Å²) in [7, 11) is 0. The van der Waals surface area contributed by atoms with Crippen molar-refractivity contribution in [2.75, 3.05) is 6.54 Å². The summed E-state index contributed by atoms with van der Waals surface area (Å²) in [6.45, 7) is 1.07. The first-order valence-corrected chi connectivity index (χ1v) is 6.97. The number of hydrogen-bond donors (Lipinski definition) is 1. The Labute approximate surface area is 107 Å². The van der Waals surface area contributed by atoms with Gasteiger partial charge in [0.15, 0.2) is 0 Å². The van der Waals surface area contributed by atoms with E-state index in [0.29, 0.717) is 28.8 Å². The lowest BCUT2D eigenvalue weighted by Gasteiger charge is -2.22. The third kappa shape index (κ3) is 2.66. The van der Waals surface area contributed by atoms with Gasteiger partial charge >= 0.3 is 6.18 Å². The van der Waals surface area contributed by atoms with Crippen LogP contribution >= 0.6 is 11.3 Å². The highest BCUT2D eigenvalue weighted by Gasteiger charge is 2.41. The molecule has 1 saturated carbocycles. The zero-order valence-electron chi connectivity index (χ0n) is 9.70. The summed E-state index contributed by atoms with van der Waals surface area (Å²) in [5.41, 5.74) is 0. The maximum Gasteiger partial charge on any atom is 0.445 e. The summed E-state index contributed by atoms with van der Waals surface area (Å²) in [6, 6.07) is 0.437. The number of aryl methyl sites for hydroxylation is 1. The molecular weight excluding hydrogens is 263 g/mol. The largest absolute Gasteiger partial charge is 0.445 e. The third-order valence-electron chi connectivity index (χ3n) is 3.74. The van der Waals surface area contributed by atoms with Crippen molar-refractivity contribution in [3.8, 4) is 0 Å². The molecule has 7 heteroatoms. The molecule has 1 aliphatic carbocycles. The second-order valence-corrected chi connectivity index (χ2v) is 6.20. The average molecular weight is 277 g/mol. The minimum atomic E-state index is -4.36. The van der Waals surface area contributed by atoms with Gasteiger partial charge in [-0.1, -0.05) is 11.3 Å². The molecule has 0 spiro atoms. The van der Waals surface area contributed by atoms with Crippen LogP contribution in [0.4, 0.5) is 13.2 Å². The van der Waals surface area contributed by atoms with E-state index in [0.717, 1.165) is 31.2 Å². The first-order chi connectivity index (χ1) is 8.52. The monoisotopic (exact) mass is 277 g/mol. The van der Waals surface area contributed by atoms with Gasteiger partial charge in [-0.15, -0.1) is 10.2 Å². The molecule has 2 heterocycles. The van der Waals surface area contributed by atoms with E-state index < -0.39 is 11.2 Å². The minimum Gasteiger partial charge on any atom is -0.314 e. The smallest absolute Gasteiger partial charge is 0.314 e. The number of piperidine rings is 1. The van der Waals surface area contributed by atoms with Crippen molar-refractivity contribution < 1.29 is 13.2 Å². The predicted octanol–water partition coefficient (Wildman–Crippen LogP) is 2.49. The highest BCUT2D eigenvalue weighted by molar-refractivity contribution is 7.11. The van der Waals surface area contributed by atoms with Gasteiger partial charge in [-0.05, 0) is 37.6 Å². The summed E-state index contributed by atoms with van der Waals surface area (Å²) in [5.74, 6) is 1.72. The van der Waals surface area contributed by atoms with E-state index in [9.17, 15) is 13.2 Å². The highest BCUT2D eigenvalue weighted by atomic mass is 32.1. The van der Waals surface area contributed by atoms with Gasteiger partial charge in [0.05, 0.1) is 0 Å². The zero-order valence-corrected chi connectivity index (χ0v) is 10.5. The Balaban J connectivity index is 1.52. The van der Waals surface area contributed by atoms with Crippen LogP contribution in [-0.4, -0.2) is 22.8 Å². The molecule has 18 heavy (non-hydrogen) atoms. The minimum absolute atomic E-state index is 0.437. The fourth-order valence-corrected chi connectivity index (χ4v) is 3.32. The Bertz CT molecular complexity index is 431. The van der Waals surface area contributed by atoms with Gasteiger partial charge in [0.2, 0.25) is 5.01 Å². The van der Waals surface area contributed by atoms with Crippen molar-refractivity contribution in [1.82, 2.24) is 15.5 Å². The van der Waals surface area contributed by atoms with Crippen molar-refractivity contribution >= 4 is 11.3 Å². The van der Waals surface area contributed by atoms with Crippen LogP contribution in [0.15, 0.2) is 0 Å². The Morgan fingerprint density at radius 2 is 2.06 bits per heavy atom. The van der Waals surface area contributed by atoms with E-state index in [1.165, 1.54) is 6.42 Å². The number of hydrogen-bond acceptors (Lipinski definition) is 4. The van der Waals surface area contributed by atoms with Crippen LogP contribution in [0.5, 0.6) is 0 Å². The number of rotatable bonds is 3. The molecule has 0 radical (unpaired) electrons.